The molecular weight excluding hydrogens is 220 g/mol. The number of likely N-dealkylation sites (N-methyl/N-ethyl adjacent to an activating group) is 1. The maximum absolute atomic E-state index is 11.3. The summed E-state index contributed by atoms with van der Waals surface area (Å²) in [7, 11) is 3.17. The molecule has 5 nitrogen and oxygen atoms in total. The lowest BCUT2D eigenvalue weighted by Gasteiger charge is -2.10. The lowest BCUT2D eigenvalue weighted by molar-refractivity contribution is -0.119. The first-order valence-electron chi connectivity index (χ1n) is 5.43. The van der Waals surface area contributed by atoms with Gasteiger partial charge in [0.25, 0.3) is 0 Å². The predicted octanol–water partition coefficient (Wildman–Crippen LogP) is 1.25. The molecule has 0 fully saturated rings. The van der Waals surface area contributed by atoms with Crippen LogP contribution in [0.5, 0.6) is 11.5 Å². The second kappa shape index (κ2) is 6.62. The SMILES string of the molecule is CCNC(=O)CNc1cc(OC)cc(OC)c1. The third-order valence-electron chi connectivity index (χ3n) is 2.18. The maximum atomic E-state index is 11.3. The van der Waals surface area contributed by atoms with Crippen molar-refractivity contribution in [2.24, 2.45) is 0 Å². The van der Waals surface area contributed by atoms with Crippen molar-refractivity contribution in [3.63, 3.8) is 0 Å². The standard InChI is InChI=1S/C12H18N2O3/c1-4-13-12(15)8-14-9-5-10(16-2)7-11(6-9)17-3/h5-7,14H,4,8H2,1-3H3,(H,13,15). The molecule has 0 aliphatic heterocycles. The lowest BCUT2D eigenvalue weighted by Crippen LogP contribution is -2.29. The minimum atomic E-state index is -0.0470. The van der Waals surface area contributed by atoms with Gasteiger partial charge in [-0.25, -0.2) is 0 Å². The second-order valence-electron chi connectivity index (χ2n) is 3.41. The number of anilines is 1. The average Bonchev–Trinajstić information content (AvgIpc) is 2.36. The fourth-order valence-corrected chi connectivity index (χ4v) is 1.35. The van der Waals surface area contributed by atoms with Gasteiger partial charge in [-0.05, 0) is 6.92 Å². The molecule has 5 heteroatoms. The highest BCUT2D eigenvalue weighted by molar-refractivity contribution is 5.80. The smallest absolute Gasteiger partial charge is 0.239 e. The molecular formula is C12H18N2O3. The number of hydrogen-bond acceptors (Lipinski definition) is 4. The summed E-state index contributed by atoms with van der Waals surface area (Å²) in [6.45, 7) is 2.73. The molecule has 0 spiro atoms. The van der Waals surface area contributed by atoms with Gasteiger partial charge in [0.05, 0.1) is 20.8 Å². The number of hydrogen-bond donors (Lipinski definition) is 2. The van der Waals surface area contributed by atoms with Crippen LogP contribution in [-0.4, -0.2) is 33.2 Å². The van der Waals surface area contributed by atoms with Crippen LogP contribution in [0.4, 0.5) is 5.69 Å². The van der Waals surface area contributed by atoms with Crippen molar-refractivity contribution < 1.29 is 14.3 Å². The van der Waals surface area contributed by atoms with Gasteiger partial charge in [0, 0.05) is 30.4 Å². The van der Waals surface area contributed by atoms with Crippen molar-refractivity contribution in [3.8, 4) is 11.5 Å². The van der Waals surface area contributed by atoms with E-state index in [1.54, 1.807) is 20.3 Å². The number of amides is 1. The zero-order chi connectivity index (χ0) is 12.7. The third kappa shape index (κ3) is 4.22. The fourth-order valence-electron chi connectivity index (χ4n) is 1.35. The first-order valence-corrected chi connectivity index (χ1v) is 5.43. The molecule has 17 heavy (non-hydrogen) atoms. The second-order valence-corrected chi connectivity index (χ2v) is 3.41. The van der Waals surface area contributed by atoms with Crippen LogP contribution in [0.15, 0.2) is 18.2 Å². The van der Waals surface area contributed by atoms with Crippen LogP contribution in [0.3, 0.4) is 0 Å². The summed E-state index contributed by atoms with van der Waals surface area (Å²) in [5.74, 6) is 1.32. The molecule has 0 aromatic heterocycles. The van der Waals surface area contributed by atoms with Gasteiger partial charge < -0.3 is 20.1 Å². The lowest BCUT2D eigenvalue weighted by atomic mass is 10.2. The molecule has 0 aliphatic carbocycles. The molecule has 0 atom stereocenters. The molecule has 94 valence electrons. The van der Waals surface area contributed by atoms with E-state index in [1.165, 1.54) is 0 Å². The molecule has 0 unspecified atom stereocenters. The first-order chi connectivity index (χ1) is 8.19. The monoisotopic (exact) mass is 238 g/mol. The van der Waals surface area contributed by atoms with Gasteiger partial charge in [-0.2, -0.15) is 0 Å². The topological polar surface area (TPSA) is 59.6 Å². The number of carbonyl (C=O) groups is 1. The van der Waals surface area contributed by atoms with Crippen molar-refractivity contribution in [1.29, 1.82) is 0 Å². The van der Waals surface area contributed by atoms with Crippen molar-refractivity contribution in [2.75, 3.05) is 32.6 Å². The average molecular weight is 238 g/mol. The zero-order valence-corrected chi connectivity index (χ0v) is 10.4. The van der Waals surface area contributed by atoms with Crippen LogP contribution < -0.4 is 20.1 Å². The Morgan fingerprint density at radius 1 is 1.18 bits per heavy atom. The summed E-state index contributed by atoms with van der Waals surface area (Å²) in [5.41, 5.74) is 0.785. The van der Waals surface area contributed by atoms with Crippen LogP contribution in [0.1, 0.15) is 6.92 Å². The van der Waals surface area contributed by atoms with Gasteiger partial charge in [-0.1, -0.05) is 0 Å². The molecule has 0 radical (unpaired) electrons. The summed E-state index contributed by atoms with van der Waals surface area (Å²) >= 11 is 0. The van der Waals surface area contributed by atoms with Crippen LogP contribution in [0.2, 0.25) is 0 Å². The summed E-state index contributed by atoms with van der Waals surface area (Å²) in [4.78, 5) is 11.3. The first kappa shape index (κ1) is 13.2. The third-order valence-corrected chi connectivity index (χ3v) is 2.18. The minimum absolute atomic E-state index is 0.0470. The Kier molecular flexibility index (Phi) is 5.13. The largest absolute Gasteiger partial charge is 0.497 e. The van der Waals surface area contributed by atoms with E-state index in [-0.39, 0.29) is 12.5 Å². The molecule has 0 aliphatic rings. The Hall–Kier alpha value is -1.91. The number of rotatable bonds is 6. The number of nitrogens with one attached hydrogen (secondary N) is 2. The highest BCUT2D eigenvalue weighted by atomic mass is 16.5. The highest BCUT2D eigenvalue weighted by Crippen LogP contribution is 2.25. The normalized spacial score (nSPS) is 9.59. The molecule has 0 saturated carbocycles. The van der Waals surface area contributed by atoms with E-state index < -0.39 is 0 Å². The van der Waals surface area contributed by atoms with Crippen LogP contribution in [0.25, 0.3) is 0 Å². The molecule has 0 bridgehead atoms. The van der Waals surface area contributed by atoms with E-state index in [4.69, 9.17) is 9.47 Å². The molecule has 1 aromatic carbocycles. The number of methoxy groups -OCH3 is 2. The predicted molar refractivity (Wildman–Crippen MR) is 66.7 cm³/mol. The van der Waals surface area contributed by atoms with Crippen LogP contribution in [-0.2, 0) is 4.79 Å². The van der Waals surface area contributed by atoms with Crippen molar-refractivity contribution in [1.82, 2.24) is 5.32 Å². The van der Waals surface area contributed by atoms with Gasteiger partial charge in [-0.15, -0.1) is 0 Å². The molecule has 0 saturated heterocycles. The zero-order valence-electron chi connectivity index (χ0n) is 10.4. The summed E-state index contributed by atoms with van der Waals surface area (Å²) in [6.07, 6.45) is 0. The number of ether oxygens (including phenoxy) is 2. The Morgan fingerprint density at radius 2 is 1.76 bits per heavy atom. The van der Waals surface area contributed by atoms with E-state index in [0.29, 0.717) is 18.0 Å². The molecule has 1 rings (SSSR count). The van der Waals surface area contributed by atoms with Crippen molar-refractivity contribution in [2.45, 2.75) is 6.92 Å². The van der Waals surface area contributed by atoms with E-state index in [9.17, 15) is 4.79 Å². The molecule has 1 aromatic rings. The Balaban J connectivity index is 2.66. The Labute approximate surface area is 101 Å². The van der Waals surface area contributed by atoms with E-state index in [1.807, 2.05) is 19.1 Å². The van der Waals surface area contributed by atoms with Gasteiger partial charge in [-0.3, -0.25) is 4.79 Å². The van der Waals surface area contributed by atoms with Gasteiger partial charge in [0.2, 0.25) is 5.91 Å². The Morgan fingerprint density at radius 3 is 2.24 bits per heavy atom. The maximum Gasteiger partial charge on any atom is 0.239 e. The highest BCUT2D eigenvalue weighted by Gasteiger charge is 2.03. The minimum Gasteiger partial charge on any atom is -0.497 e. The van der Waals surface area contributed by atoms with E-state index in [0.717, 1.165) is 5.69 Å². The summed E-state index contributed by atoms with van der Waals surface area (Å²) in [6, 6.07) is 5.39. The van der Waals surface area contributed by atoms with Gasteiger partial charge >= 0.3 is 0 Å². The summed E-state index contributed by atoms with van der Waals surface area (Å²) < 4.78 is 10.3. The van der Waals surface area contributed by atoms with E-state index in [2.05, 4.69) is 10.6 Å². The van der Waals surface area contributed by atoms with Gasteiger partial charge in [0.1, 0.15) is 11.5 Å². The summed E-state index contributed by atoms with van der Waals surface area (Å²) in [5, 5.41) is 5.72. The van der Waals surface area contributed by atoms with Crippen LogP contribution >= 0.6 is 0 Å². The van der Waals surface area contributed by atoms with Crippen molar-refractivity contribution >= 4 is 11.6 Å². The molecule has 0 heterocycles. The van der Waals surface area contributed by atoms with Crippen molar-refractivity contribution in [3.05, 3.63) is 18.2 Å². The van der Waals surface area contributed by atoms with Gasteiger partial charge in [0.15, 0.2) is 0 Å². The van der Waals surface area contributed by atoms with E-state index >= 15 is 0 Å². The number of benzene rings is 1. The fraction of sp³-hybridized carbons (Fsp3) is 0.417. The molecule has 2 N–H and O–H groups in total. The molecule has 1 amide bonds. The van der Waals surface area contributed by atoms with Crippen LogP contribution in [0, 0.1) is 0 Å². The quantitative estimate of drug-likeness (QED) is 0.783. The number of carbonyl (C=O) groups excluding carboxylic acids is 1. The Bertz CT molecular complexity index is 358.